The van der Waals surface area contributed by atoms with Gasteiger partial charge in [-0.2, -0.15) is 0 Å². The minimum atomic E-state index is -3.75. The number of sulfonamides is 1. The number of fused-ring (bicyclic) bond motifs is 1. The zero-order valence-corrected chi connectivity index (χ0v) is 18.3. The van der Waals surface area contributed by atoms with Crippen molar-refractivity contribution in [2.45, 2.75) is 42.5 Å². The quantitative estimate of drug-likeness (QED) is 0.623. The molecule has 1 saturated heterocycles. The molecule has 2 aliphatic rings. The van der Waals surface area contributed by atoms with Gasteiger partial charge in [-0.05, 0) is 56.0 Å². The highest BCUT2D eigenvalue weighted by atomic mass is 35.5. The zero-order chi connectivity index (χ0) is 21.6. The third-order valence-corrected chi connectivity index (χ3v) is 7.81. The normalized spacial score (nSPS) is 17.9. The van der Waals surface area contributed by atoms with Gasteiger partial charge < -0.3 is 9.32 Å². The molecular formula is C22H22ClN3O4S. The van der Waals surface area contributed by atoms with Crippen LogP contribution in [0.4, 0.5) is 0 Å². The number of carbonyl (C=O) groups excluding carboxylic acids is 1. The van der Waals surface area contributed by atoms with E-state index in [-0.39, 0.29) is 27.8 Å². The van der Waals surface area contributed by atoms with Crippen LogP contribution in [-0.4, -0.2) is 43.3 Å². The maximum Gasteiger partial charge on any atom is 0.253 e. The van der Waals surface area contributed by atoms with Crippen LogP contribution in [-0.2, 0) is 10.0 Å². The van der Waals surface area contributed by atoms with Gasteiger partial charge in [0.2, 0.25) is 10.0 Å². The summed E-state index contributed by atoms with van der Waals surface area (Å²) in [5.74, 6) is 0.662. The van der Waals surface area contributed by atoms with E-state index in [9.17, 15) is 13.2 Å². The average Bonchev–Trinajstić information content (AvgIpc) is 3.46. The maximum atomic E-state index is 13.0. The number of hydrogen-bond donors (Lipinski definition) is 1. The molecule has 3 aromatic rings. The van der Waals surface area contributed by atoms with Crippen molar-refractivity contribution in [3.63, 3.8) is 0 Å². The molecule has 31 heavy (non-hydrogen) atoms. The first-order valence-electron chi connectivity index (χ1n) is 10.4. The van der Waals surface area contributed by atoms with E-state index in [0.717, 1.165) is 36.8 Å². The Balaban J connectivity index is 1.29. The summed E-state index contributed by atoms with van der Waals surface area (Å²) >= 11 is 6.13. The minimum Gasteiger partial charge on any atom is -0.440 e. The molecule has 1 amide bonds. The minimum absolute atomic E-state index is 0.0358. The summed E-state index contributed by atoms with van der Waals surface area (Å²) < 4.78 is 33.7. The largest absolute Gasteiger partial charge is 0.440 e. The number of oxazole rings is 1. The first-order chi connectivity index (χ1) is 14.9. The molecule has 9 heteroatoms. The summed E-state index contributed by atoms with van der Waals surface area (Å²) in [6.45, 7) is 1.10. The molecule has 1 aromatic heterocycles. The lowest BCUT2D eigenvalue weighted by atomic mass is 9.96. The lowest BCUT2D eigenvalue weighted by molar-refractivity contribution is 0.0706. The summed E-state index contributed by atoms with van der Waals surface area (Å²) in [4.78, 5) is 19.3. The van der Waals surface area contributed by atoms with E-state index in [1.54, 1.807) is 11.0 Å². The highest BCUT2D eigenvalue weighted by molar-refractivity contribution is 7.89. The van der Waals surface area contributed by atoms with Crippen LogP contribution >= 0.6 is 11.6 Å². The Morgan fingerprint density at radius 2 is 1.84 bits per heavy atom. The van der Waals surface area contributed by atoms with Gasteiger partial charge >= 0.3 is 0 Å². The zero-order valence-electron chi connectivity index (χ0n) is 16.8. The Morgan fingerprint density at radius 1 is 1.10 bits per heavy atom. The van der Waals surface area contributed by atoms with Crippen molar-refractivity contribution >= 4 is 38.6 Å². The molecular weight excluding hydrogens is 438 g/mol. The molecule has 2 fully saturated rings. The van der Waals surface area contributed by atoms with Crippen LogP contribution < -0.4 is 4.72 Å². The molecule has 7 nitrogen and oxygen atoms in total. The lowest BCUT2D eigenvalue weighted by Gasteiger charge is -2.30. The van der Waals surface area contributed by atoms with Crippen LogP contribution in [0.2, 0.25) is 5.02 Å². The number of nitrogens with one attached hydrogen (secondary N) is 1. The third-order valence-electron chi connectivity index (χ3n) is 5.81. The SMILES string of the molecule is O=C(c1ccc(Cl)c(S(=O)(=O)NC2CC2)c1)N1CCC(c2nc3ccccc3o2)CC1. The Kier molecular flexibility index (Phi) is 5.24. The molecule has 1 aliphatic carbocycles. The number of rotatable bonds is 5. The van der Waals surface area contributed by atoms with Crippen molar-refractivity contribution in [3.8, 4) is 0 Å². The molecule has 1 aliphatic heterocycles. The van der Waals surface area contributed by atoms with Crippen molar-refractivity contribution in [1.82, 2.24) is 14.6 Å². The van der Waals surface area contributed by atoms with Crippen LogP contribution in [0.3, 0.4) is 0 Å². The van der Waals surface area contributed by atoms with Crippen molar-refractivity contribution in [2.75, 3.05) is 13.1 Å². The first-order valence-corrected chi connectivity index (χ1v) is 12.2. The van der Waals surface area contributed by atoms with Gasteiger partial charge in [-0.1, -0.05) is 23.7 Å². The van der Waals surface area contributed by atoms with E-state index >= 15 is 0 Å². The fraction of sp³-hybridized carbons (Fsp3) is 0.364. The van der Waals surface area contributed by atoms with E-state index in [2.05, 4.69) is 9.71 Å². The average molecular weight is 460 g/mol. The number of benzene rings is 2. The van der Waals surface area contributed by atoms with E-state index in [0.29, 0.717) is 24.5 Å². The van der Waals surface area contributed by atoms with Gasteiger partial charge in [0.1, 0.15) is 10.4 Å². The molecule has 162 valence electrons. The monoisotopic (exact) mass is 459 g/mol. The Hall–Kier alpha value is -2.42. The van der Waals surface area contributed by atoms with E-state index < -0.39 is 10.0 Å². The summed E-state index contributed by atoms with van der Waals surface area (Å²) in [5, 5.41) is 0.111. The molecule has 1 N–H and O–H groups in total. The van der Waals surface area contributed by atoms with Crippen molar-refractivity contribution in [1.29, 1.82) is 0 Å². The number of para-hydroxylation sites is 2. The second kappa shape index (κ2) is 7.93. The smallest absolute Gasteiger partial charge is 0.253 e. The number of piperidine rings is 1. The molecule has 2 heterocycles. The summed E-state index contributed by atoms with van der Waals surface area (Å²) in [6.07, 6.45) is 3.12. The maximum absolute atomic E-state index is 13.0. The molecule has 0 atom stereocenters. The standard InChI is InChI=1S/C22H22ClN3O4S/c23-17-8-5-15(13-20(17)31(28,29)25-16-6-7-16)22(27)26-11-9-14(10-12-26)21-24-18-3-1-2-4-19(18)30-21/h1-5,8,13-14,16,25H,6-7,9-12H2. The predicted octanol–water partition coefficient (Wildman–Crippen LogP) is 3.94. The van der Waals surface area contributed by atoms with Gasteiger partial charge in [0.25, 0.3) is 5.91 Å². The fourth-order valence-electron chi connectivity index (χ4n) is 3.90. The molecule has 1 saturated carbocycles. The summed E-state index contributed by atoms with van der Waals surface area (Å²) in [5.41, 5.74) is 1.93. The second-order valence-electron chi connectivity index (χ2n) is 8.13. The van der Waals surface area contributed by atoms with Gasteiger partial charge in [-0.15, -0.1) is 0 Å². The molecule has 0 bridgehead atoms. The number of nitrogens with zero attached hydrogens (tertiary/aromatic N) is 2. The number of amides is 1. The van der Waals surface area contributed by atoms with Gasteiger partial charge in [0.05, 0.1) is 5.02 Å². The number of aromatic nitrogens is 1. The van der Waals surface area contributed by atoms with Crippen LogP contribution in [0.5, 0.6) is 0 Å². The van der Waals surface area contributed by atoms with Gasteiger partial charge in [-0.25, -0.2) is 18.1 Å². The first kappa shape index (κ1) is 20.5. The Bertz CT molecular complexity index is 1210. The van der Waals surface area contributed by atoms with Gasteiger partial charge in [0, 0.05) is 30.6 Å². The van der Waals surface area contributed by atoms with Crippen LogP contribution in [0.1, 0.15) is 47.8 Å². The molecule has 0 radical (unpaired) electrons. The number of halogens is 1. The van der Waals surface area contributed by atoms with Crippen molar-refractivity contribution < 1.29 is 17.6 Å². The van der Waals surface area contributed by atoms with Gasteiger partial charge in [0.15, 0.2) is 11.5 Å². The predicted molar refractivity (Wildman–Crippen MR) is 117 cm³/mol. The topological polar surface area (TPSA) is 92.5 Å². The molecule has 0 spiro atoms. The lowest BCUT2D eigenvalue weighted by Crippen LogP contribution is -2.38. The highest BCUT2D eigenvalue weighted by Crippen LogP contribution is 2.31. The number of carbonyl (C=O) groups is 1. The number of likely N-dealkylation sites (tertiary alicyclic amines) is 1. The summed E-state index contributed by atoms with van der Waals surface area (Å²) in [6, 6.07) is 12.1. The van der Waals surface area contributed by atoms with Gasteiger partial charge in [-0.3, -0.25) is 4.79 Å². The van der Waals surface area contributed by atoms with Crippen molar-refractivity contribution in [2.24, 2.45) is 0 Å². The molecule has 2 aromatic carbocycles. The van der Waals surface area contributed by atoms with E-state index in [1.165, 1.54) is 12.1 Å². The van der Waals surface area contributed by atoms with E-state index in [4.69, 9.17) is 16.0 Å². The second-order valence-corrected chi connectivity index (χ2v) is 10.2. The Morgan fingerprint density at radius 3 is 2.55 bits per heavy atom. The fourth-order valence-corrected chi connectivity index (χ4v) is 5.73. The van der Waals surface area contributed by atoms with E-state index in [1.807, 2.05) is 24.3 Å². The van der Waals surface area contributed by atoms with Crippen LogP contribution in [0.25, 0.3) is 11.1 Å². The van der Waals surface area contributed by atoms with Crippen LogP contribution in [0, 0.1) is 0 Å². The summed E-state index contributed by atoms with van der Waals surface area (Å²) in [7, 11) is -3.75. The van der Waals surface area contributed by atoms with Crippen LogP contribution in [0.15, 0.2) is 51.8 Å². The van der Waals surface area contributed by atoms with Crippen molar-refractivity contribution in [3.05, 3.63) is 58.9 Å². The molecule has 5 rings (SSSR count). The number of hydrogen-bond acceptors (Lipinski definition) is 5. The highest BCUT2D eigenvalue weighted by Gasteiger charge is 2.31. The third kappa shape index (κ3) is 4.20. The molecule has 0 unspecified atom stereocenters. The Labute approximate surface area is 185 Å².